The molecule has 1 heterocycles. The molecule has 0 radical (unpaired) electrons. The number of carbonyl (C=O) groups is 1. The fourth-order valence-electron chi connectivity index (χ4n) is 3.34. The van der Waals surface area contributed by atoms with Crippen LogP contribution in [0.15, 0.2) is 6.20 Å². The number of amides is 1. The van der Waals surface area contributed by atoms with Gasteiger partial charge in [0.2, 0.25) is 5.95 Å². The average Bonchev–Trinajstić information content (AvgIpc) is 3.34. The minimum absolute atomic E-state index is 0.134. The predicted molar refractivity (Wildman–Crippen MR) is 92.9 cm³/mol. The molecule has 0 aliphatic heterocycles. The smallest absolute Gasteiger partial charge is 0.254 e. The normalized spacial score (nSPS) is 24.5. The van der Waals surface area contributed by atoms with Crippen molar-refractivity contribution in [2.45, 2.75) is 70.1 Å². The molecule has 2 fully saturated rings. The monoisotopic (exact) mass is 333 g/mol. The number of anilines is 2. The van der Waals surface area contributed by atoms with Crippen LogP contribution in [0.5, 0.6) is 0 Å². The Morgan fingerprint density at radius 1 is 1.25 bits per heavy atom. The van der Waals surface area contributed by atoms with Crippen molar-refractivity contribution in [3.63, 3.8) is 0 Å². The van der Waals surface area contributed by atoms with Crippen LogP contribution in [0.2, 0.25) is 0 Å². The second kappa shape index (κ2) is 6.55. The number of nitrogens with zero attached hydrogens (tertiary/aromatic N) is 2. The molecule has 132 valence electrons. The Hall–Kier alpha value is -1.89. The first-order chi connectivity index (χ1) is 11.3. The van der Waals surface area contributed by atoms with Gasteiger partial charge >= 0.3 is 0 Å². The summed E-state index contributed by atoms with van der Waals surface area (Å²) in [6, 6.07) is 0.247. The predicted octanol–water partition coefficient (Wildman–Crippen LogP) is 1.89. The maximum Gasteiger partial charge on any atom is 0.254 e. The van der Waals surface area contributed by atoms with Crippen molar-refractivity contribution in [1.82, 2.24) is 9.97 Å². The Bertz CT molecular complexity index is 607. The number of aromatic nitrogens is 2. The van der Waals surface area contributed by atoms with E-state index >= 15 is 0 Å². The first kappa shape index (κ1) is 17.0. The molecule has 3 rings (SSSR count). The van der Waals surface area contributed by atoms with Gasteiger partial charge in [-0.05, 0) is 58.3 Å². The van der Waals surface area contributed by atoms with Gasteiger partial charge in [0.15, 0.2) is 0 Å². The number of carbonyl (C=O) groups excluding carboxylic acids is 1. The Kier molecular flexibility index (Phi) is 4.62. The molecular weight excluding hydrogens is 306 g/mol. The van der Waals surface area contributed by atoms with Crippen molar-refractivity contribution in [2.24, 2.45) is 11.7 Å². The molecule has 0 atom stereocenters. The minimum atomic E-state index is -0.531. The second-order valence-electron chi connectivity index (χ2n) is 7.59. The van der Waals surface area contributed by atoms with Crippen LogP contribution in [0.25, 0.3) is 0 Å². The summed E-state index contributed by atoms with van der Waals surface area (Å²) in [4.78, 5) is 20.4. The molecule has 2 aliphatic rings. The fourth-order valence-corrected chi connectivity index (χ4v) is 3.34. The number of aliphatic hydroxyl groups excluding tert-OH is 1. The molecule has 2 aliphatic carbocycles. The highest BCUT2D eigenvalue weighted by Gasteiger charge is 2.38. The van der Waals surface area contributed by atoms with Crippen molar-refractivity contribution in [1.29, 1.82) is 0 Å². The molecule has 2 saturated carbocycles. The molecule has 1 amide bonds. The second-order valence-corrected chi connectivity index (χ2v) is 7.59. The van der Waals surface area contributed by atoms with Gasteiger partial charge < -0.3 is 21.5 Å². The van der Waals surface area contributed by atoms with Gasteiger partial charge in [0, 0.05) is 17.8 Å². The molecule has 24 heavy (non-hydrogen) atoms. The number of aliphatic hydroxyl groups is 1. The number of rotatable bonds is 6. The van der Waals surface area contributed by atoms with Crippen molar-refractivity contribution >= 4 is 17.7 Å². The van der Waals surface area contributed by atoms with E-state index in [1.54, 1.807) is 0 Å². The van der Waals surface area contributed by atoms with Crippen LogP contribution in [0.1, 0.15) is 62.7 Å². The van der Waals surface area contributed by atoms with Gasteiger partial charge in [-0.25, -0.2) is 4.98 Å². The molecule has 0 saturated heterocycles. The Morgan fingerprint density at radius 3 is 2.50 bits per heavy atom. The zero-order chi connectivity index (χ0) is 17.3. The zero-order valence-electron chi connectivity index (χ0n) is 14.4. The lowest BCUT2D eigenvalue weighted by Crippen LogP contribution is -2.35. The number of nitrogens with one attached hydrogen (secondary N) is 2. The maximum atomic E-state index is 11.7. The van der Waals surface area contributed by atoms with Crippen LogP contribution in [0.4, 0.5) is 11.8 Å². The highest BCUT2D eigenvalue weighted by molar-refractivity contribution is 5.97. The molecule has 1 aromatic heterocycles. The highest BCUT2D eigenvalue weighted by atomic mass is 16.3. The molecule has 0 unspecified atom stereocenters. The number of nitrogens with two attached hydrogens (primary N) is 1. The van der Waals surface area contributed by atoms with Gasteiger partial charge in [-0.15, -0.1) is 0 Å². The van der Waals surface area contributed by atoms with E-state index in [4.69, 9.17) is 5.73 Å². The van der Waals surface area contributed by atoms with E-state index in [1.165, 1.54) is 19.0 Å². The van der Waals surface area contributed by atoms with Crippen LogP contribution < -0.4 is 16.4 Å². The average molecular weight is 333 g/mol. The summed E-state index contributed by atoms with van der Waals surface area (Å²) in [5, 5.41) is 16.3. The first-order valence-corrected chi connectivity index (χ1v) is 8.75. The summed E-state index contributed by atoms with van der Waals surface area (Å²) in [7, 11) is 0. The number of hydrogen-bond acceptors (Lipinski definition) is 6. The Morgan fingerprint density at radius 2 is 1.92 bits per heavy atom. The van der Waals surface area contributed by atoms with Crippen LogP contribution in [0.3, 0.4) is 0 Å². The van der Waals surface area contributed by atoms with Crippen molar-refractivity contribution in [3.05, 3.63) is 11.8 Å². The summed E-state index contributed by atoms with van der Waals surface area (Å²) in [5.74, 6) is 1.05. The van der Waals surface area contributed by atoms with E-state index in [0.717, 1.165) is 25.7 Å². The summed E-state index contributed by atoms with van der Waals surface area (Å²) < 4.78 is 0. The van der Waals surface area contributed by atoms with Gasteiger partial charge in [0.25, 0.3) is 5.91 Å². The largest absolute Gasteiger partial charge is 0.393 e. The maximum absolute atomic E-state index is 11.7. The lowest BCUT2D eigenvalue weighted by atomic mass is 9.93. The first-order valence-electron chi connectivity index (χ1n) is 8.75. The van der Waals surface area contributed by atoms with Gasteiger partial charge in [0.05, 0.1) is 11.7 Å². The molecule has 5 N–H and O–H groups in total. The van der Waals surface area contributed by atoms with E-state index in [2.05, 4.69) is 34.4 Å². The number of hydrogen-bond donors (Lipinski definition) is 4. The third-order valence-electron chi connectivity index (χ3n) is 5.12. The third kappa shape index (κ3) is 3.95. The zero-order valence-corrected chi connectivity index (χ0v) is 14.4. The van der Waals surface area contributed by atoms with E-state index in [-0.39, 0.29) is 17.7 Å². The fraction of sp³-hybridized carbons (Fsp3) is 0.706. The molecule has 7 nitrogen and oxygen atoms in total. The van der Waals surface area contributed by atoms with E-state index in [0.29, 0.717) is 23.2 Å². The summed E-state index contributed by atoms with van der Waals surface area (Å²) >= 11 is 0. The van der Waals surface area contributed by atoms with E-state index in [9.17, 15) is 9.90 Å². The van der Waals surface area contributed by atoms with E-state index < -0.39 is 5.91 Å². The van der Waals surface area contributed by atoms with E-state index in [1.807, 2.05) is 0 Å². The lowest BCUT2D eigenvalue weighted by molar-refractivity contribution is 0.1000. The summed E-state index contributed by atoms with van der Waals surface area (Å²) in [6.07, 6.45) is 7.02. The van der Waals surface area contributed by atoms with Crippen LogP contribution in [-0.2, 0) is 0 Å². The van der Waals surface area contributed by atoms with Gasteiger partial charge in [-0.2, -0.15) is 4.98 Å². The Balaban J connectivity index is 1.76. The van der Waals surface area contributed by atoms with Gasteiger partial charge in [-0.1, -0.05) is 0 Å². The van der Waals surface area contributed by atoms with Gasteiger partial charge in [0.1, 0.15) is 5.82 Å². The lowest BCUT2D eigenvalue weighted by Gasteiger charge is -2.29. The molecule has 1 aromatic rings. The molecule has 0 spiro atoms. The minimum Gasteiger partial charge on any atom is -0.393 e. The molecule has 0 aromatic carbocycles. The van der Waals surface area contributed by atoms with Crippen molar-refractivity contribution < 1.29 is 9.90 Å². The quantitative estimate of drug-likeness (QED) is 0.632. The summed E-state index contributed by atoms with van der Waals surface area (Å²) in [5.41, 5.74) is 5.65. The van der Waals surface area contributed by atoms with Crippen LogP contribution in [-0.4, -0.2) is 38.7 Å². The highest BCUT2D eigenvalue weighted by Crippen LogP contribution is 2.41. The van der Waals surface area contributed by atoms with Crippen LogP contribution in [0, 0.1) is 5.92 Å². The van der Waals surface area contributed by atoms with Crippen molar-refractivity contribution in [2.75, 3.05) is 10.6 Å². The van der Waals surface area contributed by atoms with Crippen molar-refractivity contribution in [3.8, 4) is 0 Å². The topological polar surface area (TPSA) is 113 Å². The summed E-state index contributed by atoms with van der Waals surface area (Å²) in [6.45, 7) is 4.24. The molecule has 0 bridgehead atoms. The van der Waals surface area contributed by atoms with Crippen LogP contribution >= 0.6 is 0 Å². The SMILES string of the molecule is CC(C)(Nc1nc(NC2CCC(O)CC2)ncc1C(N)=O)C1CC1. The number of primary amides is 1. The third-order valence-corrected chi connectivity index (χ3v) is 5.12. The molecular formula is C17H27N5O2. The molecule has 7 heteroatoms. The van der Waals surface area contributed by atoms with Gasteiger partial charge in [-0.3, -0.25) is 4.79 Å². The standard InChI is InChI=1S/C17H27N5O2/c1-17(2,10-3-4-10)22-15-13(14(18)24)9-19-16(21-15)20-11-5-7-12(23)8-6-11/h9-12,23H,3-8H2,1-2H3,(H2,18,24)(H2,19,20,21,22). The Labute approximate surface area is 142 Å².